The van der Waals surface area contributed by atoms with Crippen molar-refractivity contribution in [2.75, 3.05) is 49.6 Å². The van der Waals surface area contributed by atoms with Crippen molar-refractivity contribution in [1.82, 2.24) is 19.4 Å². The molecule has 6 rings (SSSR count). The van der Waals surface area contributed by atoms with Gasteiger partial charge in [0.25, 0.3) is 5.91 Å². The molecule has 0 aliphatic carbocycles. The first kappa shape index (κ1) is 24.3. The number of halogens is 1. The summed E-state index contributed by atoms with van der Waals surface area (Å²) in [7, 11) is 0. The molecule has 2 aromatic carbocycles. The van der Waals surface area contributed by atoms with Gasteiger partial charge in [-0.25, -0.2) is 9.37 Å². The van der Waals surface area contributed by atoms with Crippen molar-refractivity contribution in [1.29, 1.82) is 0 Å². The number of nitrogens with two attached hydrogens (primary N) is 1. The summed E-state index contributed by atoms with van der Waals surface area (Å²) in [4.78, 5) is 25.5. The molecule has 10 heteroatoms. The largest absolute Gasteiger partial charge is 0.379 e. The number of primary amides is 1. The van der Waals surface area contributed by atoms with Crippen molar-refractivity contribution in [3.8, 4) is 5.82 Å². The fourth-order valence-electron chi connectivity index (χ4n) is 5.48. The molecule has 196 valence electrons. The third kappa shape index (κ3) is 4.80. The van der Waals surface area contributed by atoms with Gasteiger partial charge < -0.3 is 20.7 Å². The fourth-order valence-corrected chi connectivity index (χ4v) is 5.48. The number of morpholine rings is 1. The quantitative estimate of drug-likeness (QED) is 0.404. The van der Waals surface area contributed by atoms with E-state index in [1.54, 1.807) is 18.2 Å². The van der Waals surface area contributed by atoms with Crippen LogP contribution in [0, 0.1) is 5.82 Å². The van der Waals surface area contributed by atoms with Gasteiger partial charge in [0.1, 0.15) is 0 Å². The number of fused-ring (bicyclic) bond motifs is 1. The van der Waals surface area contributed by atoms with E-state index in [2.05, 4.69) is 37.2 Å². The van der Waals surface area contributed by atoms with Crippen LogP contribution in [0.4, 0.5) is 21.7 Å². The van der Waals surface area contributed by atoms with Crippen LogP contribution in [-0.4, -0.2) is 70.8 Å². The zero-order valence-corrected chi connectivity index (χ0v) is 21.0. The molecule has 2 aliphatic heterocycles. The molecule has 0 spiro atoms. The Kier molecular flexibility index (Phi) is 6.65. The fraction of sp³-hybridized carbons (Fsp3) is 0.321. The minimum Gasteiger partial charge on any atom is -0.379 e. The van der Waals surface area contributed by atoms with Crippen molar-refractivity contribution < 1.29 is 13.9 Å². The number of carbonyl (C=O) groups excluding carboxylic acids is 1. The lowest BCUT2D eigenvalue weighted by molar-refractivity contribution is 0.0115. The molecule has 4 aromatic rings. The number of anilines is 3. The average molecular weight is 516 g/mol. The Morgan fingerprint density at radius 3 is 2.63 bits per heavy atom. The molecule has 0 saturated carbocycles. The number of rotatable bonds is 6. The van der Waals surface area contributed by atoms with Crippen LogP contribution in [0.25, 0.3) is 16.7 Å². The number of aromatic nitrogens is 3. The minimum absolute atomic E-state index is 0.0348. The molecule has 9 nitrogen and oxygen atoms in total. The number of amides is 1. The van der Waals surface area contributed by atoms with Gasteiger partial charge in [0.05, 0.1) is 30.5 Å². The molecule has 3 N–H and O–H groups in total. The smallest absolute Gasteiger partial charge is 0.250 e. The zero-order chi connectivity index (χ0) is 26.1. The number of ether oxygens (including phenoxy) is 1. The molecule has 2 saturated heterocycles. The van der Waals surface area contributed by atoms with Gasteiger partial charge in [0.15, 0.2) is 11.6 Å². The summed E-state index contributed by atoms with van der Waals surface area (Å²) in [6, 6.07) is 15.9. The second-order valence-corrected chi connectivity index (χ2v) is 9.70. The topological polar surface area (TPSA) is 102 Å². The molecule has 2 aromatic heterocycles. The predicted octanol–water partition coefficient (Wildman–Crippen LogP) is 3.70. The van der Waals surface area contributed by atoms with Gasteiger partial charge in [-0.15, -0.1) is 0 Å². The first-order valence-corrected chi connectivity index (χ1v) is 12.9. The van der Waals surface area contributed by atoms with Gasteiger partial charge >= 0.3 is 0 Å². The third-order valence-corrected chi connectivity index (χ3v) is 7.43. The van der Waals surface area contributed by atoms with E-state index in [1.807, 2.05) is 18.2 Å². The summed E-state index contributed by atoms with van der Waals surface area (Å²) in [5.41, 5.74) is 8.43. The Balaban J connectivity index is 1.21. The second-order valence-electron chi connectivity index (χ2n) is 9.70. The molecule has 2 aliphatic rings. The highest BCUT2D eigenvalue weighted by atomic mass is 19.1. The van der Waals surface area contributed by atoms with E-state index in [1.165, 1.54) is 10.8 Å². The number of nitrogens with one attached hydrogen (secondary N) is 1. The first-order chi connectivity index (χ1) is 18.6. The Morgan fingerprint density at radius 1 is 1.05 bits per heavy atom. The first-order valence-electron chi connectivity index (χ1n) is 12.9. The molecule has 38 heavy (non-hydrogen) atoms. The number of para-hydroxylation sites is 1. The number of hydrogen-bond donors (Lipinski definition) is 2. The highest BCUT2D eigenvalue weighted by molar-refractivity contribution is 6.06. The normalized spacial score (nSPS) is 17.1. The molecule has 0 atom stereocenters. The van der Waals surface area contributed by atoms with E-state index < -0.39 is 11.7 Å². The summed E-state index contributed by atoms with van der Waals surface area (Å²) >= 11 is 0. The summed E-state index contributed by atoms with van der Waals surface area (Å²) in [6.45, 7) is 5.68. The molecule has 0 unspecified atom stereocenters. The van der Waals surface area contributed by atoms with Gasteiger partial charge in [0.2, 0.25) is 5.95 Å². The standard InChI is InChI=1S/C28H30FN7O2/c29-24-17-31-28(33-27(24)36-18-23(26(30)37)22-6-1-2-7-25(22)36)32-19-4-3-5-21(16-19)34-10-8-20(9-11-34)35-12-14-38-15-13-35/h1-7,16-18,20H,8-15H2,(H2,30,37)(H,31,32,33). The maximum absolute atomic E-state index is 14.9. The minimum atomic E-state index is -0.607. The lowest BCUT2D eigenvalue weighted by Gasteiger charge is -2.40. The summed E-state index contributed by atoms with van der Waals surface area (Å²) in [5.74, 6) is -0.904. The Hall–Kier alpha value is -4.02. The summed E-state index contributed by atoms with van der Waals surface area (Å²) in [5, 5.41) is 3.85. The van der Waals surface area contributed by atoms with Crippen LogP contribution in [0.1, 0.15) is 23.2 Å². The van der Waals surface area contributed by atoms with E-state index in [-0.39, 0.29) is 11.8 Å². The molecule has 4 heterocycles. The SMILES string of the molecule is NC(=O)c1cn(-c2nc(Nc3cccc(N4CCC(N5CCOCC5)CC4)c3)ncc2F)c2ccccc12. The number of carbonyl (C=O) groups is 1. The van der Waals surface area contributed by atoms with Crippen molar-refractivity contribution >= 4 is 34.1 Å². The monoisotopic (exact) mass is 515 g/mol. The zero-order valence-electron chi connectivity index (χ0n) is 21.0. The van der Waals surface area contributed by atoms with Crippen LogP contribution >= 0.6 is 0 Å². The van der Waals surface area contributed by atoms with E-state index in [0.717, 1.165) is 69.8 Å². The highest BCUT2D eigenvalue weighted by Crippen LogP contribution is 2.28. The molecule has 0 radical (unpaired) electrons. The lowest BCUT2D eigenvalue weighted by atomic mass is 10.0. The maximum atomic E-state index is 14.9. The van der Waals surface area contributed by atoms with Gasteiger partial charge in [0, 0.05) is 55.2 Å². The number of nitrogens with zero attached hydrogens (tertiary/aromatic N) is 5. The van der Waals surface area contributed by atoms with Crippen LogP contribution in [0.5, 0.6) is 0 Å². The van der Waals surface area contributed by atoms with Gasteiger partial charge in [-0.05, 0) is 37.1 Å². The highest BCUT2D eigenvalue weighted by Gasteiger charge is 2.26. The number of benzene rings is 2. The van der Waals surface area contributed by atoms with E-state index in [0.29, 0.717) is 22.5 Å². The second kappa shape index (κ2) is 10.4. The predicted molar refractivity (Wildman–Crippen MR) is 145 cm³/mol. The lowest BCUT2D eigenvalue weighted by Crippen LogP contribution is -2.49. The van der Waals surface area contributed by atoms with Gasteiger partial charge in [-0.3, -0.25) is 14.3 Å². The summed E-state index contributed by atoms with van der Waals surface area (Å²) < 4.78 is 21.9. The van der Waals surface area contributed by atoms with Crippen LogP contribution < -0.4 is 16.0 Å². The third-order valence-electron chi connectivity index (χ3n) is 7.43. The van der Waals surface area contributed by atoms with E-state index in [4.69, 9.17) is 10.5 Å². The van der Waals surface area contributed by atoms with Crippen molar-refractivity contribution in [2.45, 2.75) is 18.9 Å². The molecule has 1 amide bonds. The average Bonchev–Trinajstić information content (AvgIpc) is 3.35. The van der Waals surface area contributed by atoms with E-state index in [9.17, 15) is 9.18 Å². The summed E-state index contributed by atoms with van der Waals surface area (Å²) in [6.07, 6.45) is 4.90. The van der Waals surface area contributed by atoms with Crippen LogP contribution in [0.2, 0.25) is 0 Å². The van der Waals surface area contributed by atoms with E-state index >= 15 is 0 Å². The van der Waals surface area contributed by atoms with Crippen molar-refractivity contribution in [2.24, 2.45) is 5.73 Å². The Labute approximate surface area is 220 Å². The van der Waals surface area contributed by atoms with Gasteiger partial charge in [-0.1, -0.05) is 24.3 Å². The maximum Gasteiger partial charge on any atom is 0.250 e. The van der Waals surface area contributed by atoms with Crippen LogP contribution in [-0.2, 0) is 4.74 Å². The molecule has 0 bridgehead atoms. The molecule has 2 fully saturated rings. The van der Waals surface area contributed by atoms with Crippen LogP contribution in [0.15, 0.2) is 60.9 Å². The Morgan fingerprint density at radius 2 is 1.84 bits per heavy atom. The molecular formula is C28H30FN7O2. The van der Waals surface area contributed by atoms with Crippen LogP contribution in [0.3, 0.4) is 0 Å². The number of piperidine rings is 1. The molecular weight excluding hydrogens is 485 g/mol. The Bertz CT molecular complexity index is 1460. The number of hydrogen-bond acceptors (Lipinski definition) is 7. The van der Waals surface area contributed by atoms with Gasteiger partial charge in [-0.2, -0.15) is 4.98 Å². The van der Waals surface area contributed by atoms with Crippen molar-refractivity contribution in [3.63, 3.8) is 0 Å². The van der Waals surface area contributed by atoms with Crippen molar-refractivity contribution in [3.05, 3.63) is 72.3 Å².